The Bertz CT molecular complexity index is 390. The van der Waals surface area contributed by atoms with E-state index in [4.69, 9.17) is 4.74 Å². The Morgan fingerprint density at radius 2 is 2.00 bits per heavy atom. The topological polar surface area (TPSA) is 46.5 Å². The summed E-state index contributed by atoms with van der Waals surface area (Å²) >= 11 is 0. The molecule has 0 amide bonds. The summed E-state index contributed by atoms with van der Waals surface area (Å²) in [5.41, 5.74) is 0. The normalized spacial score (nSPS) is 12.2. The van der Waals surface area contributed by atoms with Gasteiger partial charge in [0.1, 0.15) is 6.10 Å². The maximum atomic E-state index is 10.7. The fourth-order valence-corrected chi connectivity index (χ4v) is 1.38. The van der Waals surface area contributed by atoms with Crippen molar-refractivity contribution in [2.45, 2.75) is 58.2 Å². The molecule has 0 bridgehead atoms. The SMILES string of the molecule is C=C[C@@H](C#CC#C[C@@H](O)CCCCCC)OC(C)=O. The molecular formula is C16H22O3. The highest BCUT2D eigenvalue weighted by Crippen LogP contribution is 2.04. The standard InChI is InChI=1S/C16H22O3/c1-4-6-7-8-11-15(18)12-9-10-13-16(5-2)19-14(3)17/h5,15-16,18H,2,4,6-8,11H2,1,3H3/t15-,16-/m0/s1. The number of hydrogen-bond donors (Lipinski definition) is 1. The molecule has 2 atom stereocenters. The van der Waals surface area contributed by atoms with Gasteiger partial charge in [0.2, 0.25) is 0 Å². The summed E-state index contributed by atoms with van der Waals surface area (Å²) in [5.74, 6) is 9.99. The van der Waals surface area contributed by atoms with E-state index in [2.05, 4.69) is 37.2 Å². The van der Waals surface area contributed by atoms with Gasteiger partial charge in [0.05, 0.1) is 0 Å². The number of aliphatic hydroxyl groups is 1. The maximum Gasteiger partial charge on any atom is 0.304 e. The van der Waals surface area contributed by atoms with Gasteiger partial charge in [0.15, 0.2) is 6.10 Å². The highest BCUT2D eigenvalue weighted by atomic mass is 16.5. The van der Waals surface area contributed by atoms with Crippen LogP contribution in [0.3, 0.4) is 0 Å². The summed E-state index contributed by atoms with van der Waals surface area (Å²) in [5, 5.41) is 9.57. The van der Waals surface area contributed by atoms with Crippen LogP contribution >= 0.6 is 0 Å². The maximum absolute atomic E-state index is 10.7. The minimum absolute atomic E-state index is 0.414. The number of unbranched alkanes of at least 4 members (excludes halogenated alkanes) is 3. The van der Waals surface area contributed by atoms with Crippen molar-refractivity contribution in [3.8, 4) is 23.7 Å². The van der Waals surface area contributed by atoms with Gasteiger partial charge in [-0.2, -0.15) is 0 Å². The first-order valence-corrected chi connectivity index (χ1v) is 6.59. The van der Waals surface area contributed by atoms with Crippen molar-refractivity contribution in [3.05, 3.63) is 12.7 Å². The minimum Gasteiger partial charge on any atom is -0.445 e. The van der Waals surface area contributed by atoms with Crippen LogP contribution in [-0.4, -0.2) is 23.3 Å². The highest BCUT2D eigenvalue weighted by Gasteiger charge is 2.01. The number of ether oxygens (including phenoxy) is 1. The van der Waals surface area contributed by atoms with Gasteiger partial charge in [-0.25, -0.2) is 0 Å². The van der Waals surface area contributed by atoms with E-state index < -0.39 is 18.2 Å². The summed E-state index contributed by atoms with van der Waals surface area (Å²) in [7, 11) is 0. The summed E-state index contributed by atoms with van der Waals surface area (Å²) in [6, 6.07) is 0. The van der Waals surface area contributed by atoms with Gasteiger partial charge >= 0.3 is 5.97 Å². The van der Waals surface area contributed by atoms with Crippen LogP contribution < -0.4 is 0 Å². The van der Waals surface area contributed by atoms with Crippen molar-refractivity contribution in [1.82, 2.24) is 0 Å². The number of hydrogen-bond acceptors (Lipinski definition) is 3. The molecule has 104 valence electrons. The van der Waals surface area contributed by atoms with Crippen LogP contribution in [0.2, 0.25) is 0 Å². The molecule has 0 aromatic heterocycles. The smallest absolute Gasteiger partial charge is 0.304 e. The molecule has 0 rings (SSSR count). The Morgan fingerprint density at radius 3 is 2.58 bits per heavy atom. The second kappa shape index (κ2) is 11.4. The largest absolute Gasteiger partial charge is 0.445 e. The van der Waals surface area contributed by atoms with Crippen molar-refractivity contribution in [2.75, 3.05) is 0 Å². The van der Waals surface area contributed by atoms with E-state index in [-0.39, 0.29) is 0 Å². The van der Waals surface area contributed by atoms with Crippen LogP contribution in [0.25, 0.3) is 0 Å². The molecule has 0 saturated heterocycles. The number of rotatable bonds is 7. The molecular weight excluding hydrogens is 240 g/mol. The minimum atomic E-state index is -0.645. The average Bonchev–Trinajstić information content (AvgIpc) is 2.37. The highest BCUT2D eigenvalue weighted by molar-refractivity contribution is 5.66. The zero-order valence-electron chi connectivity index (χ0n) is 11.7. The summed E-state index contributed by atoms with van der Waals surface area (Å²) in [6.45, 7) is 6.96. The van der Waals surface area contributed by atoms with Gasteiger partial charge in [0.25, 0.3) is 0 Å². The van der Waals surface area contributed by atoms with Crippen LogP contribution in [0.1, 0.15) is 46.0 Å². The van der Waals surface area contributed by atoms with Gasteiger partial charge in [-0.3, -0.25) is 4.79 Å². The van der Waals surface area contributed by atoms with E-state index in [1.54, 1.807) is 0 Å². The number of carbonyl (C=O) groups is 1. The Labute approximate surface area is 116 Å². The average molecular weight is 262 g/mol. The zero-order valence-corrected chi connectivity index (χ0v) is 11.7. The van der Waals surface area contributed by atoms with E-state index in [9.17, 15) is 9.90 Å². The molecule has 0 aliphatic carbocycles. The Hall–Kier alpha value is -1.71. The Morgan fingerprint density at radius 1 is 1.32 bits per heavy atom. The third kappa shape index (κ3) is 11.1. The molecule has 0 fully saturated rings. The third-order valence-corrected chi connectivity index (χ3v) is 2.35. The van der Waals surface area contributed by atoms with Crippen molar-refractivity contribution < 1.29 is 14.6 Å². The van der Waals surface area contributed by atoms with Crippen molar-refractivity contribution >= 4 is 5.97 Å². The van der Waals surface area contributed by atoms with Crippen molar-refractivity contribution in [3.63, 3.8) is 0 Å². The zero-order chi connectivity index (χ0) is 14.5. The summed E-state index contributed by atoms with van der Waals surface area (Å²) in [4.78, 5) is 10.7. The molecule has 0 aliphatic rings. The molecule has 3 nitrogen and oxygen atoms in total. The van der Waals surface area contributed by atoms with E-state index in [0.29, 0.717) is 6.42 Å². The predicted octanol–water partition coefficient (Wildman–Crippen LogP) is 2.44. The molecule has 0 heterocycles. The van der Waals surface area contributed by atoms with Gasteiger partial charge in [-0.15, -0.1) is 0 Å². The van der Waals surface area contributed by atoms with Crippen LogP contribution in [0.5, 0.6) is 0 Å². The van der Waals surface area contributed by atoms with Gasteiger partial charge in [-0.05, 0) is 36.7 Å². The Balaban J connectivity index is 4.07. The third-order valence-electron chi connectivity index (χ3n) is 2.35. The number of aliphatic hydroxyl groups excluding tert-OH is 1. The number of esters is 1. The van der Waals surface area contributed by atoms with Crippen LogP contribution in [0.15, 0.2) is 12.7 Å². The molecule has 0 aromatic rings. The molecule has 1 N–H and O–H groups in total. The summed E-state index contributed by atoms with van der Waals surface area (Å²) in [6.07, 6.45) is 5.26. The van der Waals surface area contributed by atoms with E-state index in [0.717, 1.165) is 12.8 Å². The lowest BCUT2D eigenvalue weighted by atomic mass is 10.1. The van der Waals surface area contributed by atoms with Crippen molar-refractivity contribution in [2.24, 2.45) is 0 Å². The second-order valence-corrected chi connectivity index (χ2v) is 4.17. The van der Waals surface area contributed by atoms with Gasteiger partial charge in [0, 0.05) is 6.92 Å². The first-order chi connectivity index (χ1) is 9.10. The quantitative estimate of drug-likeness (QED) is 0.332. The molecule has 0 spiro atoms. The lowest BCUT2D eigenvalue weighted by Crippen LogP contribution is -2.10. The lowest BCUT2D eigenvalue weighted by Gasteiger charge is -2.03. The first kappa shape index (κ1) is 17.3. The second-order valence-electron chi connectivity index (χ2n) is 4.17. The van der Waals surface area contributed by atoms with Crippen LogP contribution in [0, 0.1) is 23.7 Å². The van der Waals surface area contributed by atoms with E-state index in [1.807, 2.05) is 0 Å². The lowest BCUT2D eigenvalue weighted by molar-refractivity contribution is -0.142. The van der Waals surface area contributed by atoms with Crippen molar-refractivity contribution in [1.29, 1.82) is 0 Å². The molecule has 19 heavy (non-hydrogen) atoms. The molecule has 0 saturated carbocycles. The van der Waals surface area contributed by atoms with Gasteiger partial charge in [-0.1, -0.05) is 38.7 Å². The molecule has 0 unspecified atom stereocenters. The monoisotopic (exact) mass is 262 g/mol. The molecule has 0 aliphatic heterocycles. The number of carbonyl (C=O) groups excluding carboxylic acids is 1. The van der Waals surface area contributed by atoms with E-state index >= 15 is 0 Å². The Kier molecular flexibility index (Phi) is 10.4. The van der Waals surface area contributed by atoms with Crippen LogP contribution in [-0.2, 0) is 9.53 Å². The molecule has 0 radical (unpaired) electrons. The van der Waals surface area contributed by atoms with Crippen LogP contribution in [0.4, 0.5) is 0 Å². The first-order valence-electron chi connectivity index (χ1n) is 6.59. The van der Waals surface area contributed by atoms with Gasteiger partial charge < -0.3 is 9.84 Å². The molecule has 3 heteroatoms. The molecule has 0 aromatic carbocycles. The fourth-order valence-electron chi connectivity index (χ4n) is 1.38. The van der Waals surface area contributed by atoms with E-state index in [1.165, 1.54) is 25.8 Å². The fraction of sp³-hybridized carbons (Fsp3) is 0.562. The summed E-state index contributed by atoms with van der Waals surface area (Å²) < 4.78 is 4.84. The predicted molar refractivity (Wildman–Crippen MR) is 76.1 cm³/mol.